The van der Waals surface area contributed by atoms with Gasteiger partial charge in [-0.1, -0.05) is 0 Å². The highest BCUT2D eigenvalue weighted by molar-refractivity contribution is 7.92. The van der Waals surface area contributed by atoms with Gasteiger partial charge in [0.15, 0.2) is 0 Å². The highest BCUT2D eigenvalue weighted by Crippen LogP contribution is 2.19. The van der Waals surface area contributed by atoms with Crippen LogP contribution in [0.3, 0.4) is 0 Å². The van der Waals surface area contributed by atoms with Gasteiger partial charge in [0.2, 0.25) is 5.91 Å². The third-order valence-electron chi connectivity index (χ3n) is 3.28. The molecule has 0 spiro atoms. The molecule has 0 unspecified atom stereocenters. The van der Waals surface area contributed by atoms with Crippen LogP contribution in [0.1, 0.15) is 17.3 Å². The highest BCUT2D eigenvalue weighted by Gasteiger charge is 2.15. The second kappa shape index (κ2) is 7.35. The molecule has 0 fully saturated rings. The molecule has 132 valence electrons. The van der Waals surface area contributed by atoms with E-state index in [4.69, 9.17) is 0 Å². The summed E-state index contributed by atoms with van der Waals surface area (Å²) in [5, 5.41) is 2.57. The lowest BCUT2D eigenvalue weighted by Gasteiger charge is -2.12. The third kappa shape index (κ3) is 4.80. The summed E-state index contributed by atoms with van der Waals surface area (Å²) in [5.41, 5.74) is 1.33. The van der Waals surface area contributed by atoms with Gasteiger partial charge in [-0.3, -0.25) is 14.3 Å². The zero-order chi connectivity index (χ0) is 18.6. The molecule has 8 heteroatoms. The van der Waals surface area contributed by atoms with Crippen LogP contribution in [0.4, 0.5) is 11.4 Å². The van der Waals surface area contributed by atoms with E-state index in [9.17, 15) is 18.0 Å². The molecule has 2 rings (SSSR count). The summed E-state index contributed by atoms with van der Waals surface area (Å²) in [6, 6.07) is 12.0. The topological polar surface area (TPSA) is 95.6 Å². The van der Waals surface area contributed by atoms with E-state index in [1.807, 2.05) is 0 Å². The number of hydrogen-bond acceptors (Lipinski definition) is 4. The molecule has 0 atom stereocenters. The molecule has 7 nitrogen and oxygen atoms in total. The molecule has 0 saturated carbocycles. The van der Waals surface area contributed by atoms with E-state index in [1.54, 1.807) is 26.2 Å². The van der Waals surface area contributed by atoms with Crippen molar-refractivity contribution in [3.05, 3.63) is 54.1 Å². The summed E-state index contributed by atoms with van der Waals surface area (Å²) >= 11 is 0. The number of benzene rings is 2. The molecule has 0 aliphatic heterocycles. The minimum Gasteiger partial charge on any atom is -0.345 e. The van der Waals surface area contributed by atoms with Crippen LogP contribution in [-0.4, -0.2) is 39.2 Å². The van der Waals surface area contributed by atoms with Gasteiger partial charge in [0.05, 0.1) is 4.90 Å². The van der Waals surface area contributed by atoms with E-state index in [1.165, 1.54) is 48.2 Å². The summed E-state index contributed by atoms with van der Waals surface area (Å²) in [5.74, 6) is -0.399. The Morgan fingerprint density at radius 2 is 1.40 bits per heavy atom. The Balaban J connectivity index is 2.15. The summed E-state index contributed by atoms with van der Waals surface area (Å²) in [6.07, 6.45) is 0. The van der Waals surface area contributed by atoms with Crippen molar-refractivity contribution >= 4 is 33.2 Å². The largest absolute Gasteiger partial charge is 0.345 e. The van der Waals surface area contributed by atoms with Crippen LogP contribution in [0.5, 0.6) is 0 Å². The minimum absolute atomic E-state index is 0.0649. The number of sulfonamides is 1. The number of anilines is 2. The first-order chi connectivity index (χ1) is 11.7. The number of hydrogen-bond donors (Lipinski definition) is 2. The lowest BCUT2D eigenvalue weighted by Crippen LogP contribution is -2.21. The number of carbonyl (C=O) groups excluding carboxylic acids is 2. The van der Waals surface area contributed by atoms with Gasteiger partial charge in [0.25, 0.3) is 15.9 Å². The maximum Gasteiger partial charge on any atom is 0.261 e. The van der Waals surface area contributed by atoms with Crippen molar-refractivity contribution < 1.29 is 18.0 Å². The monoisotopic (exact) mass is 361 g/mol. The van der Waals surface area contributed by atoms with Crippen molar-refractivity contribution in [3.8, 4) is 0 Å². The van der Waals surface area contributed by atoms with E-state index < -0.39 is 10.0 Å². The molecule has 2 aromatic carbocycles. The average Bonchev–Trinajstić information content (AvgIpc) is 2.54. The highest BCUT2D eigenvalue weighted by atomic mass is 32.2. The van der Waals surface area contributed by atoms with Gasteiger partial charge >= 0.3 is 0 Å². The fourth-order valence-corrected chi connectivity index (χ4v) is 3.13. The molecule has 0 heterocycles. The van der Waals surface area contributed by atoms with E-state index in [-0.39, 0.29) is 16.7 Å². The van der Waals surface area contributed by atoms with Gasteiger partial charge in [-0.25, -0.2) is 8.42 Å². The molecule has 0 aliphatic carbocycles. The molecule has 0 saturated heterocycles. The molecule has 0 aliphatic rings. The zero-order valence-corrected chi connectivity index (χ0v) is 14.9. The maximum atomic E-state index is 12.4. The Hall–Kier alpha value is -2.87. The van der Waals surface area contributed by atoms with Gasteiger partial charge in [0.1, 0.15) is 0 Å². The molecule has 0 aromatic heterocycles. The zero-order valence-electron chi connectivity index (χ0n) is 14.1. The number of carbonyl (C=O) groups is 2. The molecule has 0 radical (unpaired) electrons. The van der Waals surface area contributed by atoms with Crippen molar-refractivity contribution in [1.82, 2.24) is 4.90 Å². The van der Waals surface area contributed by atoms with E-state index in [2.05, 4.69) is 10.0 Å². The van der Waals surface area contributed by atoms with E-state index >= 15 is 0 Å². The summed E-state index contributed by atoms with van der Waals surface area (Å²) < 4.78 is 27.2. The molecule has 2 N–H and O–H groups in total. The van der Waals surface area contributed by atoms with Crippen molar-refractivity contribution in [3.63, 3.8) is 0 Å². The number of nitrogens with one attached hydrogen (secondary N) is 2. The third-order valence-corrected chi connectivity index (χ3v) is 4.67. The molecular weight excluding hydrogens is 342 g/mol. The molecular formula is C17H19N3O4S. The Labute approximate surface area is 146 Å². The van der Waals surface area contributed by atoms with E-state index in [0.29, 0.717) is 16.9 Å². The van der Waals surface area contributed by atoms with Crippen LogP contribution in [0.2, 0.25) is 0 Å². The van der Waals surface area contributed by atoms with Gasteiger partial charge < -0.3 is 10.2 Å². The summed E-state index contributed by atoms with van der Waals surface area (Å²) in [7, 11) is -0.481. The molecule has 2 aromatic rings. The fraction of sp³-hybridized carbons (Fsp3) is 0.176. The van der Waals surface area contributed by atoms with Crippen LogP contribution >= 0.6 is 0 Å². The predicted molar refractivity (Wildman–Crippen MR) is 96.0 cm³/mol. The van der Waals surface area contributed by atoms with Gasteiger partial charge in [-0.2, -0.15) is 0 Å². The second-order valence-corrected chi connectivity index (χ2v) is 7.27. The quantitative estimate of drug-likeness (QED) is 0.853. The average molecular weight is 361 g/mol. The SMILES string of the molecule is CC(=O)Nc1ccc(S(=O)(=O)Nc2ccc(C(=O)N(C)C)cc2)cc1. The smallest absolute Gasteiger partial charge is 0.261 e. The summed E-state index contributed by atoms with van der Waals surface area (Å²) in [4.78, 5) is 24.3. The van der Waals surface area contributed by atoms with Crippen LogP contribution in [0.25, 0.3) is 0 Å². The van der Waals surface area contributed by atoms with Crippen molar-refractivity contribution in [1.29, 1.82) is 0 Å². The fourth-order valence-electron chi connectivity index (χ4n) is 2.07. The van der Waals surface area contributed by atoms with Gasteiger partial charge in [0, 0.05) is 38.0 Å². The van der Waals surface area contributed by atoms with Crippen molar-refractivity contribution in [2.24, 2.45) is 0 Å². The van der Waals surface area contributed by atoms with Gasteiger partial charge in [-0.05, 0) is 48.5 Å². The van der Waals surface area contributed by atoms with E-state index in [0.717, 1.165) is 0 Å². The lowest BCUT2D eigenvalue weighted by molar-refractivity contribution is -0.114. The van der Waals surface area contributed by atoms with Crippen molar-refractivity contribution in [2.75, 3.05) is 24.1 Å². The van der Waals surface area contributed by atoms with Crippen LogP contribution < -0.4 is 10.0 Å². The number of rotatable bonds is 5. The molecule has 25 heavy (non-hydrogen) atoms. The molecule has 2 amide bonds. The first kappa shape index (κ1) is 18.5. The minimum atomic E-state index is -3.77. The Bertz CT molecular complexity index is 873. The number of amides is 2. The molecule has 0 bridgehead atoms. The lowest BCUT2D eigenvalue weighted by atomic mass is 10.2. The Morgan fingerprint density at radius 3 is 1.88 bits per heavy atom. The first-order valence-corrected chi connectivity index (χ1v) is 8.89. The standard InChI is InChI=1S/C17H19N3O4S/c1-12(21)18-14-8-10-16(11-9-14)25(23,24)19-15-6-4-13(5-7-15)17(22)20(2)3/h4-11,19H,1-3H3,(H,18,21). The number of nitrogens with zero attached hydrogens (tertiary/aromatic N) is 1. The maximum absolute atomic E-state index is 12.4. The summed E-state index contributed by atoms with van der Waals surface area (Å²) in [6.45, 7) is 1.37. The van der Waals surface area contributed by atoms with Crippen LogP contribution in [0, 0.1) is 0 Å². The first-order valence-electron chi connectivity index (χ1n) is 7.41. The second-order valence-electron chi connectivity index (χ2n) is 5.59. The Kier molecular flexibility index (Phi) is 5.43. The van der Waals surface area contributed by atoms with Gasteiger partial charge in [-0.15, -0.1) is 0 Å². The predicted octanol–water partition coefficient (Wildman–Crippen LogP) is 2.15. The Morgan fingerprint density at radius 1 is 0.880 bits per heavy atom. The van der Waals surface area contributed by atoms with Crippen LogP contribution in [-0.2, 0) is 14.8 Å². The van der Waals surface area contributed by atoms with Crippen LogP contribution in [0.15, 0.2) is 53.4 Å². The normalized spacial score (nSPS) is 10.8. The van der Waals surface area contributed by atoms with Crippen molar-refractivity contribution in [2.45, 2.75) is 11.8 Å².